The number of hydrogen-bond acceptors (Lipinski definition) is 3. The summed E-state index contributed by atoms with van der Waals surface area (Å²) in [5.41, 5.74) is 0.758. The number of piperidine rings is 1. The Kier molecular flexibility index (Phi) is 6.67. The number of benzene rings is 1. The van der Waals surface area contributed by atoms with Crippen molar-refractivity contribution in [2.45, 2.75) is 44.6 Å². The average molecular weight is 330 g/mol. The molecular formula is C20H30N2O2. The first-order chi connectivity index (χ1) is 11.8. The Morgan fingerprint density at radius 1 is 1.17 bits per heavy atom. The van der Waals surface area contributed by atoms with Gasteiger partial charge < -0.3 is 15.0 Å². The van der Waals surface area contributed by atoms with Crippen molar-refractivity contribution >= 4 is 5.91 Å². The number of ether oxygens (including phenoxy) is 1. The van der Waals surface area contributed by atoms with E-state index in [0.717, 1.165) is 44.2 Å². The summed E-state index contributed by atoms with van der Waals surface area (Å²) < 4.78 is 5.43. The van der Waals surface area contributed by atoms with Crippen LogP contribution in [0.15, 0.2) is 30.3 Å². The molecule has 1 aromatic rings. The molecule has 0 aliphatic carbocycles. The van der Waals surface area contributed by atoms with Crippen LogP contribution in [0.4, 0.5) is 0 Å². The molecular weight excluding hydrogens is 300 g/mol. The molecule has 3 rings (SSSR count). The first-order valence-corrected chi connectivity index (χ1v) is 9.47. The fraction of sp³-hybridized carbons (Fsp3) is 0.650. The van der Waals surface area contributed by atoms with Crippen LogP contribution in [0.1, 0.15) is 48.9 Å². The highest BCUT2D eigenvalue weighted by Crippen LogP contribution is 2.21. The number of likely N-dealkylation sites (tertiary alicyclic amines) is 1. The molecule has 1 atom stereocenters. The summed E-state index contributed by atoms with van der Waals surface area (Å²) in [4.78, 5) is 14.8. The van der Waals surface area contributed by atoms with E-state index in [-0.39, 0.29) is 11.9 Å². The molecule has 0 radical (unpaired) electrons. The summed E-state index contributed by atoms with van der Waals surface area (Å²) >= 11 is 0. The van der Waals surface area contributed by atoms with Crippen molar-refractivity contribution in [3.05, 3.63) is 35.9 Å². The molecule has 0 bridgehead atoms. The smallest absolute Gasteiger partial charge is 0.251 e. The van der Waals surface area contributed by atoms with Gasteiger partial charge in [0, 0.05) is 31.4 Å². The molecule has 0 saturated carbocycles. The topological polar surface area (TPSA) is 41.6 Å². The zero-order chi connectivity index (χ0) is 16.6. The Hall–Kier alpha value is -1.39. The van der Waals surface area contributed by atoms with Gasteiger partial charge in [0.2, 0.25) is 0 Å². The summed E-state index contributed by atoms with van der Waals surface area (Å²) in [6.07, 6.45) is 7.32. The minimum Gasteiger partial charge on any atom is -0.381 e. The molecule has 132 valence electrons. The number of rotatable bonds is 6. The molecule has 2 aliphatic heterocycles. The molecule has 24 heavy (non-hydrogen) atoms. The second-order valence-corrected chi connectivity index (χ2v) is 7.18. The molecule has 4 heteroatoms. The molecule has 1 N–H and O–H groups in total. The molecule has 2 saturated heterocycles. The second kappa shape index (κ2) is 9.19. The van der Waals surface area contributed by atoms with Crippen LogP contribution >= 0.6 is 0 Å². The van der Waals surface area contributed by atoms with Gasteiger partial charge in [-0.2, -0.15) is 0 Å². The molecule has 0 spiro atoms. The van der Waals surface area contributed by atoms with Crippen molar-refractivity contribution in [2.24, 2.45) is 5.92 Å². The van der Waals surface area contributed by atoms with Gasteiger partial charge in [0.25, 0.3) is 5.91 Å². The van der Waals surface area contributed by atoms with Gasteiger partial charge >= 0.3 is 0 Å². The monoisotopic (exact) mass is 330 g/mol. The van der Waals surface area contributed by atoms with Crippen LogP contribution < -0.4 is 5.32 Å². The lowest BCUT2D eigenvalue weighted by molar-refractivity contribution is 0.0617. The van der Waals surface area contributed by atoms with Gasteiger partial charge in [0.05, 0.1) is 0 Å². The minimum atomic E-state index is 0.0599. The molecule has 2 heterocycles. The van der Waals surface area contributed by atoms with Crippen molar-refractivity contribution in [1.82, 2.24) is 10.2 Å². The quantitative estimate of drug-likeness (QED) is 0.871. The Labute approximate surface area is 145 Å². The van der Waals surface area contributed by atoms with E-state index in [1.54, 1.807) is 0 Å². The number of hydrogen-bond donors (Lipinski definition) is 1. The van der Waals surface area contributed by atoms with Gasteiger partial charge in [-0.05, 0) is 69.7 Å². The van der Waals surface area contributed by atoms with Crippen molar-refractivity contribution < 1.29 is 9.53 Å². The molecule has 2 fully saturated rings. The SMILES string of the molecule is O=C(NC1CCCN(CCCC2CCOCC2)C1)c1ccccc1. The third-order valence-electron chi connectivity index (χ3n) is 5.30. The van der Waals surface area contributed by atoms with Crippen LogP contribution in [0.2, 0.25) is 0 Å². The first-order valence-electron chi connectivity index (χ1n) is 9.47. The highest BCUT2D eigenvalue weighted by atomic mass is 16.5. The summed E-state index contributed by atoms with van der Waals surface area (Å²) in [5.74, 6) is 0.918. The second-order valence-electron chi connectivity index (χ2n) is 7.18. The lowest BCUT2D eigenvalue weighted by Crippen LogP contribution is -2.47. The fourth-order valence-electron chi connectivity index (χ4n) is 3.87. The van der Waals surface area contributed by atoms with E-state index in [0.29, 0.717) is 0 Å². The van der Waals surface area contributed by atoms with Gasteiger partial charge in [-0.15, -0.1) is 0 Å². The molecule has 4 nitrogen and oxygen atoms in total. The Morgan fingerprint density at radius 3 is 2.75 bits per heavy atom. The Bertz CT molecular complexity index is 500. The summed E-state index contributed by atoms with van der Waals surface area (Å²) in [6, 6.07) is 9.82. The standard InChI is InChI=1S/C20H30N2O2/c23-20(18-7-2-1-3-8-18)21-19-9-5-13-22(16-19)12-4-6-17-10-14-24-15-11-17/h1-3,7-8,17,19H,4-6,9-16H2,(H,21,23). The van der Waals surface area contributed by atoms with Crippen LogP contribution in [0, 0.1) is 5.92 Å². The molecule has 1 unspecified atom stereocenters. The van der Waals surface area contributed by atoms with Gasteiger partial charge in [-0.25, -0.2) is 0 Å². The predicted octanol–water partition coefficient (Wildman–Crippen LogP) is 3.09. The van der Waals surface area contributed by atoms with Gasteiger partial charge in [-0.3, -0.25) is 4.79 Å². The maximum atomic E-state index is 12.3. The van der Waals surface area contributed by atoms with E-state index in [4.69, 9.17) is 4.74 Å². The number of carbonyl (C=O) groups excluding carboxylic acids is 1. The van der Waals surface area contributed by atoms with Gasteiger partial charge in [0.15, 0.2) is 0 Å². The van der Waals surface area contributed by atoms with Crippen LogP contribution in [-0.4, -0.2) is 49.7 Å². The highest BCUT2D eigenvalue weighted by molar-refractivity contribution is 5.94. The third-order valence-corrected chi connectivity index (χ3v) is 5.30. The number of nitrogens with zero attached hydrogens (tertiary/aromatic N) is 1. The zero-order valence-corrected chi connectivity index (χ0v) is 14.6. The van der Waals surface area contributed by atoms with Crippen LogP contribution in [-0.2, 0) is 4.74 Å². The van der Waals surface area contributed by atoms with E-state index in [9.17, 15) is 4.79 Å². The lowest BCUT2D eigenvalue weighted by atomic mass is 9.94. The van der Waals surface area contributed by atoms with Crippen molar-refractivity contribution in [1.29, 1.82) is 0 Å². The lowest BCUT2D eigenvalue weighted by Gasteiger charge is -2.33. The van der Waals surface area contributed by atoms with E-state index in [1.807, 2.05) is 30.3 Å². The van der Waals surface area contributed by atoms with Crippen LogP contribution in [0.5, 0.6) is 0 Å². The van der Waals surface area contributed by atoms with Crippen molar-refractivity contribution in [3.63, 3.8) is 0 Å². The third kappa shape index (κ3) is 5.32. The number of nitrogens with one attached hydrogen (secondary N) is 1. The van der Waals surface area contributed by atoms with E-state index in [2.05, 4.69) is 10.2 Å². The zero-order valence-electron chi connectivity index (χ0n) is 14.6. The Morgan fingerprint density at radius 2 is 1.96 bits per heavy atom. The molecule has 0 aromatic heterocycles. The summed E-state index contributed by atoms with van der Waals surface area (Å²) in [7, 11) is 0. The van der Waals surface area contributed by atoms with Crippen LogP contribution in [0.3, 0.4) is 0 Å². The molecule has 1 aromatic carbocycles. The predicted molar refractivity (Wildman–Crippen MR) is 96.1 cm³/mol. The normalized spacial score (nSPS) is 23.1. The van der Waals surface area contributed by atoms with Gasteiger partial charge in [-0.1, -0.05) is 18.2 Å². The number of carbonyl (C=O) groups is 1. The van der Waals surface area contributed by atoms with E-state index in [1.165, 1.54) is 38.6 Å². The van der Waals surface area contributed by atoms with Crippen LogP contribution in [0.25, 0.3) is 0 Å². The first kappa shape index (κ1) is 17.4. The maximum Gasteiger partial charge on any atom is 0.251 e. The summed E-state index contributed by atoms with van der Waals surface area (Å²) in [5, 5.41) is 3.21. The van der Waals surface area contributed by atoms with E-state index < -0.39 is 0 Å². The van der Waals surface area contributed by atoms with E-state index >= 15 is 0 Å². The largest absolute Gasteiger partial charge is 0.381 e. The molecule has 1 amide bonds. The van der Waals surface area contributed by atoms with Crippen molar-refractivity contribution in [3.8, 4) is 0 Å². The van der Waals surface area contributed by atoms with Crippen molar-refractivity contribution in [2.75, 3.05) is 32.8 Å². The minimum absolute atomic E-state index is 0.0599. The highest BCUT2D eigenvalue weighted by Gasteiger charge is 2.22. The molecule has 2 aliphatic rings. The van der Waals surface area contributed by atoms with Gasteiger partial charge in [0.1, 0.15) is 0 Å². The maximum absolute atomic E-state index is 12.3. The average Bonchev–Trinajstić information content (AvgIpc) is 2.64. The number of amides is 1. The Balaban J connectivity index is 1.38. The summed E-state index contributed by atoms with van der Waals surface area (Å²) in [6.45, 7) is 5.22. The fourth-order valence-corrected chi connectivity index (χ4v) is 3.87.